The highest BCUT2D eigenvalue weighted by Crippen LogP contribution is 2.18. The Kier molecular flexibility index (Phi) is 4.03. The van der Waals surface area contributed by atoms with E-state index in [1.54, 1.807) is 10.0 Å². The Balaban J connectivity index is 1.43. The van der Waals surface area contributed by atoms with Crippen LogP contribution < -0.4 is 0 Å². The lowest BCUT2D eigenvalue weighted by Gasteiger charge is -2.34. The van der Waals surface area contributed by atoms with Crippen LogP contribution >= 0.6 is 11.3 Å². The van der Waals surface area contributed by atoms with Gasteiger partial charge in [-0.25, -0.2) is 4.98 Å². The molecular weight excluding hydrogens is 322 g/mol. The van der Waals surface area contributed by atoms with Crippen molar-refractivity contribution in [2.75, 3.05) is 26.2 Å². The molecule has 0 unspecified atom stereocenters. The summed E-state index contributed by atoms with van der Waals surface area (Å²) < 4.78 is 1.67. The van der Waals surface area contributed by atoms with E-state index in [-0.39, 0.29) is 5.91 Å². The van der Waals surface area contributed by atoms with Crippen molar-refractivity contribution in [3.05, 3.63) is 52.8 Å². The summed E-state index contributed by atoms with van der Waals surface area (Å²) in [6, 6.07) is 10.5. The molecule has 2 aromatic heterocycles. The minimum absolute atomic E-state index is 0.0326. The van der Waals surface area contributed by atoms with E-state index >= 15 is 0 Å². The van der Waals surface area contributed by atoms with Gasteiger partial charge in [-0.2, -0.15) is 9.61 Å². The van der Waals surface area contributed by atoms with Crippen LogP contribution in [0, 0.1) is 6.92 Å². The molecular formula is C17H19N5OS. The zero-order valence-corrected chi connectivity index (χ0v) is 14.4. The fourth-order valence-electron chi connectivity index (χ4n) is 3.14. The molecule has 1 amide bonds. The van der Waals surface area contributed by atoms with Crippen molar-refractivity contribution in [2.24, 2.45) is 0 Å². The molecule has 0 aliphatic carbocycles. The Hall–Kier alpha value is -2.25. The van der Waals surface area contributed by atoms with E-state index in [0.717, 1.165) is 43.4 Å². The van der Waals surface area contributed by atoms with Gasteiger partial charge in [-0.1, -0.05) is 41.7 Å². The minimum atomic E-state index is 0.0326. The van der Waals surface area contributed by atoms with E-state index < -0.39 is 0 Å². The molecule has 1 saturated heterocycles. The Bertz CT molecular complexity index is 848. The maximum Gasteiger partial charge on any atom is 0.274 e. The summed E-state index contributed by atoms with van der Waals surface area (Å²) in [5.74, 6) is 0.0326. The molecule has 0 atom stereocenters. The van der Waals surface area contributed by atoms with Gasteiger partial charge in [-0.3, -0.25) is 9.69 Å². The van der Waals surface area contributed by atoms with Crippen molar-refractivity contribution in [1.82, 2.24) is 24.4 Å². The number of carbonyl (C=O) groups excluding carboxylic acids is 1. The van der Waals surface area contributed by atoms with Crippen LogP contribution in [0.25, 0.3) is 4.96 Å². The Morgan fingerprint density at radius 1 is 1.17 bits per heavy atom. The maximum absolute atomic E-state index is 12.9. The second-order valence-electron chi connectivity index (χ2n) is 6.03. The fourth-order valence-corrected chi connectivity index (χ4v) is 3.80. The second kappa shape index (κ2) is 6.33. The third kappa shape index (κ3) is 2.81. The van der Waals surface area contributed by atoms with Crippen LogP contribution in [0.2, 0.25) is 0 Å². The van der Waals surface area contributed by atoms with Crippen molar-refractivity contribution < 1.29 is 4.79 Å². The first-order chi connectivity index (χ1) is 11.7. The smallest absolute Gasteiger partial charge is 0.274 e. The predicted octanol–water partition coefficient (Wildman–Crippen LogP) is 2.06. The SMILES string of the molecule is Cc1nc2scnn2c1C(=O)N1CCN(Cc2ccccc2)CC1. The lowest BCUT2D eigenvalue weighted by Crippen LogP contribution is -2.48. The summed E-state index contributed by atoms with van der Waals surface area (Å²) in [5, 5.41) is 4.24. The molecule has 1 aliphatic heterocycles. The number of carbonyl (C=O) groups is 1. The van der Waals surface area contributed by atoms with E-state index in [9.17, 15) is 4.79 Å². The number of hydrogen-bond donors (Lipinski definition) is 0. The molecule has 0 N–H and O–H groups in total. The number of aromatic nitrogens is 3. The van der Waals surface area contributed by atoms with Gasteiger partial charge < -0.3 is 4.90 Å². The highest BCUT2D eigenvalue weighted by atomic mass is 32.1. The largest absolute Gasteiger partial charge is 0.335 e. The van der Waals surface area contributed by atoms with Gasteiger partial charge in [-0.05, 0) is 12.5 Å². The van der Waals surface area contributed by atoms with E-state index in [1.807, 2.05) is 17.9 Å². The number of rotatable bonds is 3. The van der Waals surface area contributed by atoms with E-state index in [4.69, 9.17) is 0 Å². The number of hydrogen-bond acceptors (Lipinski definition) is 5. The summed E-state index contributed by atoms with van der Waals surface area (Å²) >= 11 is 1.45. The van der Waals surface area contributed by atoms with Crippen LogP contribution in [0.1, 0.15) is 21.7 Å². The summed E-state index contributed by atoms with van der Waals surface area (Å²) in [7, 11) is 0. The molecule has 0 radical (unpaired) electrons. The number of fused-ring (bicyclic) bond motifs is 1. The first kappa shape index (κ1) is 15.3. The normalized spacial score (nSPS) is 16.0. The maximum atomic E-state index is 12.9. The molecule has 24 heavy (non-hydrogen) atoms. The summed E-state index contributed by atoms with van der Waals surface area (Å²) in [6.07, 6.45) is 0. The van der Waals surface area contributed by atoms with Crippen LogP contribution in [0.5, 0.6) is 0 Å². The van der Waals surface area contributed by atoms with E-state index in [0.29, 0.717) is 5.69 Å². The van der Waals surface area contributed by atoms with Gasteiger partial charge >= 0.3 is 0 Å². The van der Waals surface area contributed by atoms with Crippen molar-refractivity contribution in [2.45, 2.75) is 13.5 Å². The molecule has 6 nitrogen and oxygen atoms in total. The van der Waals surface area contributed by atoms with Gasteiger partial charge in [0, 0.05) is 32.7 Å². The summed E-state index contributed by atoms with van der Waals surface area (Å²) in [5.41, 5.74) is 4.39. The third-order valence-corrected chi connectivity index (χ3v) is 5.11. The number of piperazine rings is 1. The first-order valence-electron chi connectivity index (χ1n) is 8.07. The molecule has 4 rings (SSSR count). The summed E-state index contributed by atoms with van der Waals surface area (Å²) in [4.78, 5) is 22.4. The molecule has 3 heterocycles. The summed E-state index contributed by atoms with van der Waals surface area (Å²) in [6.45, 7) is 6.06. The number of aryl methyl sites for hydroxylation is 1. The predicted molar refractivity (Wildman–Crippen MR) is 93.2 cm³/mol. The average Bonchev–Trinajstić information content (AvgIpc) is 3.16. The minimum Gasteiger partial charge on any atom is -0.335 e. The van der Waals surface area contributed by atoms with Crippen LogP contribution in [-0.2, 0) is 6.54 Å². The fraction of sp³-hybridized carbons (Fsp3) is 0.353. The molecule has 0 bridgehead atoms. The molecule has 0 saturated carbocycles. The van der Waals surface area contributed by atoms with E-state index in [1.165, 1.54) is 16.9 Å². The molecule has 1 aliphatic rings. The van der Waals surface area contributed by atoms with Gasteiger partial charge in [0.05, 0.1) is 5.69 Å². The molecule has 124 valence electrons. The first-order valence-corrected chi connectivity index (χ1v) is 8.95. The topological polar surface area (TPSA) is 53.7 Å². The second-order valence-corrected chi connectivity index (χ2v) is 6.84. The average molecular weight is 341 g/mol. The van der Waals surface area contributed by atoms with Crippen LogP contribution in [0.15, 0.2) is 35.8 Å². The van der Waals surface area contributed by atoms with Gasteiger partial charge in [0.2, 0.25) is 4.96 Å². The Labute approximate surface area is 144 Å². The van der Waals surface area contributed by atoms with E-state index in [2.05, 4.69) is 39.2 Å². The van der Waals surface area contributed by atoms with Gasteiger partial charge in [0.15, 0.2) is 5.69 Å². The number of imidazole rings is 1. The van der Waals surface area contributed by atoms with Gasteiger partial charge in [0.1, 0.15) is 5.51 Å². The van der Waals surface area contributed by atoms with Crippen molar-refractivity contribution in [3.8, 4) is 0 Å². The third-order valence-electron chi connectivity index (χ3n) is 4.43. The number of amides is 1. The van der Waals surface area contributed by atoms with Crippen molar-refractivity contribution >= 4 is 22.2 Å². The Morgan fingerprint density at radius 3 is 2.67 bits per heavy atom. The van der Waals surface area contributed by atoms with Crippen LogP contribution in [0.4, 0.5) is 0 Å². The van der Waals surface area contributed by atoms with Crippen molar-refractivity contribution in [3.63, 3.8) is 0 Å². The zero-order chi connectivity index (χ0) is 16.5. The molecule has 1 aromatic carbocycles. The zero-order valence-electron chi connectivity index (χ0n) is 13.6. The molecule has 3 aromatic rings. The van der Waals surface area contributed by atoms with Crippen LogP contribution in [0.3, 0.4) is 0 Å². The quantitative estimate of drug-likeness (QED) is 0.732. The molecule has 0 spiro atoms. The molecule has 1 fully saturated rings. The monoisotopic (exact) mass is 341 g/mol. The number of benzene rings is 1. The lowest BCUT2D eigenvalue weighted by molar-refractivity contribution is 0.0619. The standard InChI is InChI=1S/C17H19N5OS/c1-13-15(22-17(19-13)24-12-18-22)16(23)21-9-7-20(8-10-21)11-14-5-3-2-4-6-14/h2-6,12H,7-11H2,1H3. The van der Waals surface area contributed by atoms with Crippen molar-refractivity contribution in [1.29, 1.82) is 0 Å². The number of nitrogens with zero attached hydrogens (tertiary/aromatic N) is 5. The highest BCUT2D eigenvalue weighted by Gasteiger charge is 2.27. The van der Waals surface area contributed by atoms with Gasteiger partial charge in [-0.15, -0.1) is 0 Å². The molecule has 7 heteroatoms. The highest BCUT2D eigenvalue weighted by molar-refractivity contribution is 7.14. The lowest BCUT2D eigenvalue weighted by atomic mass is 10.2. The van der Waals surface area contributed by atoms with Crippen LogP contribution in [-0.4, -0.2) is 56.5 Å². The Morgan fingerprint density at radius 2 is 1.92 bits per heavy atom. The van der Waals surface area contributed by atoms with Gasteiger partial charge in [0.25, 0.3) is 5.91 Å².